The Morgan fingerprint density at radius 3 is 2.47 bits per heavy atom. The van der Waals surface area contributed by atoms with Crippen molar-refractivity contribution in [2.45, 2.75) is 38.9 Å². The van der Waals surface area contributed by atoms with Gasteiger partial charge < -0.3 is 10.6 Å². The van der Waals surface area contributed by atoms with E-state index in [9.17, 15) is 13.2 Å². The van der Waals surface area contributed by atoms with E-state index in [1.807, 2.05) is 0 Å². The average Bonchev–Trinajstić information content (AvgIpc) is 3.06. The Balaban J connectivity index is 2.19. The Morgan fingerprint density at radius 2 is 1.95 bits per heavy atom. The van der Waals surface area contributed by atoms with E-state index in [-0.39, 0.29) is 17.7 Å². The normalized spacial score (nSPS) is 22.2. The van der Waals surface area contributed by atoms with Gasteiger partial charge in [-0.2, -0.15) is 13.2 Å². The summed E-state index contributed by atoms with van der Waals surface area (Å²) in [6.07, 6.45) is -2.52. The summed E-state index contributed by atoms with van der Waals surface area (Å²) >= 11 is 0. The molecule has 2 unspecified atom stereocenters. The van der Waals surface area contributed by atoms with Crippen molar-refractivity contribution in [1.82, 2.24) is 9.97 Å². The van der Waals surface area contributed by atoms with Crippen LogP contribution in [0.15, 0.2) is 6.07 Å². The van der Waals surface area contributed by atoms with Crippen LogP contribution in [0.25, 0.3) is 0 Å². The molecule has 1 aromatic rings. The first kappa shape index (κ1) is 13.9. The van der Waals surface area contributed by atoms with Gasteiger partial charge in [0, 0.05) is 18.7 Å². The quantitative estimate of drug-likeness (QED) is 0.866. The maximum absolute atomic E-state index is 12.7. The predicted molar refractivity (Wildman–Crippen MR) is 67.0 cm³/mol. The molecule has 0 bridgehead atoms. The number of nitrogens with zero attached hydrogens (tertiary/aromatic N) is 2. The van der Waals surface area contributed by atoms with E-state index in [4.69, 9.17) is 0 Å². The lowest BCUT2D eigenvalue weighted by Crippen LogP contribution is -2.16. The van der Waals surface area contributed by atoms with Crippen molar-refractivity contribution in [1.29, 1.82) is 0 Å². The van der Waals surface area contributed by atoms with Crippen molar-refractivity contribution < 1.29 is 13.2 Å². The van der Waals surface area contributed by atoms with Gasteiger partial charge in [-0.25, -0.2) is 9.97 Å². The van der Waals surface area contributed by atoms with Crippen LogP contribution in [0.4, 0.5) is 24.8 Å². The third kappa shape index (κ3) is 3.48. The molecule has 0 amide bonds. The summed E-state index contributed by atoms with van der Waals surface area (Å²) in [6.45, 7) is 4.38. The molecule has 2 N–H and O–H groups in total. The molecule has 1 heterocycles. The zero-order valence-corrected chi connectivity index (χ0v) is 10.9. The van der Waals surface area contributed by atoms with E-state index in [2.05, 4.69) is 27.5 Å². The second-order valence-corrected chi connectivity index (χ2v) is 4.64. The van der Waals surface area contributed by atoms with Crippen LogP contribution in [-0.2, 0) is 6.18 Å². The monoisotopic (exact) mass is 274 g/mol. The van der Waals surface area contributed by atoms with E-state index in [0.717, 1.165) is 12.8 Å². The zero-order valence-electron chi connectivity index (χ0n) is 10.9. The van der Waals surface area contributed by atoms with Crippen LogP contribution in [0.2, 0.25) is 0 Å². The number of rotatable bonds is 5. The zero-order chi connectivity index (χ0) is 14.0. The molecule has 0 aromatic carbocycles. The summed E-state index contributed by atoms with van der Waals surface area (Å²) in [5.74, 6) is -0.144. The maximum atomic E-state index is 12.7. The topological polar surface area (TPSA) is 49.8 Å². The highest BCUT2D eigenvalue weighted by Crippen LogP contribution is 2.36. The van der Waals surface area contributed by atoms with Gasteiger partial charge in [-0.15, -0.1) is 0 Å². The van der Waals surface area contributed by atoms with Gasteiger partial charge in [0.25, 0.3) is 0 Å². The third-order valence-corrected chi connectivity index (χ3v) is 3.12. The molecule has 19 heavy (non-hydrogen) atoms. The lowest BCUT2D eigenvalue weighted by atomic mass is 10.3. The van der Waals surface area contributed by atoms with Gasteiger partial charge in [-0.3, -0.25) is 0 Å². The highest BCUT2D eigenvalue weighted by atomic mass is 19.4. The summed E-state index contributed by atoms with van der Waals surface area (Å²) in [7, 11) is 0. The summed E-state index contributed by atoms with van der Waals surface area (Å²) in [6, 6.07) is 1.75. The molecular formula is C12H17F3N4. The summed E-state index contributed by atoms with van der Waals surface area (Å²) < 4.78 is 38.1. The molecule has 0 spiro atoms. The first-order valence-corrected chi connectivity index (χ1v) is 6.40. The molecule has 7 heteroatoms. The van der Waals surface area contributed by atoms with Crippen molar-refractivity contribution in [3.05, 3.63) is 11.9 Å². The Hall–Kier alpha value is -1.53. The first-order chi connectivity index (χ1) is 8.94. The molecular weight excluding hydrogens is 257 g/mol. The average molecular weight is 274 g/mol. The van der Waals surface area contributed by atoms with Crippen LogP contribution in [0, 0.1) is 5.92 Å². The molecule has 4 nitrogen and oxygen atoms in total. The molecule has 106 valence electrons. The molecule has 2 atom stereocenters. The fourth-order valence-corrected chi connectivity index (χ4v) is 1.99. The van der Waals surface area contributed by atoms with Crippen LogP contribution in [0.5, 0.6) is 0 Å². The summed E-state index contributed by atoms with van der Waals surface area (Å²) in [4.78, 5) is 7.02. The fraction of sp³-hybridized carbons (Fsp3) is 0.667. The van der Waals surface area contributed by atoms with Gasteiger partial charge in [0.1, 0.15) is 11.6 Å². The van der Waals surface area contributed by atoms with Crippen molar-refractivity contribution in [2.75, 3.05) is 17.2 Å². The fourth-order valence-electron chi connectivity index (χ4n) is 1.99. The molecule has 1 fully saturated rings. The van der Waals surface area contributed by atoms with E-state index in [1.54, 1.807) is 6.92 Å². The number of nitrogens with one attached hydrogen (secondary N) is 2. The van der Waals surface area contributed by atoms with Crippen molar-refractivity contribution in [3.8, 4) is 0 Å². The molecule has 0 aliphatic heterocycles. The van der Waals surface area contributed by atoms with Crippen LogP contribution >= 0.6 is 0 Å². The van der Waals surface area contributed by atoms with E-state index in [0.29, 0.717) is 12.5 Å². The van der Waals surface area contributed by atoms with Gasteiger partial charge in [0.2, 0.25) is 5.82 Å². The van der Waals surface area contributed by atoms with Crippen LogP contribution in [0.3, 0.4) is 0 Å². The number of anilines is 2. The van der Waals surface area contributed by atoms with Gasteiger partial charge in [0.15, 0.2) is 0 Å². The summed E-state index contributed by atoms with van der Waals surface area (Å²) in [5.41, 5.74) is 0. The van der Waals surface area contributed by atoms with Gasteiger partial charge in [-0.05, 0) is 19.3 Å². The molecule has 1 aliphatic rings. The number of aromatic nitrogens is 2. The van der Waals surface area contributed by atoms with Gasteiger partial charge in [0.05, 0.1) is 0 Å². The lowest BCUT2D eigenvalue weighted by molar-refractivity contribution is -0.144. The second-order valence-electron chi connectivity index (χ2n) is 4.64. The number of halogens is 3. The maximum Gasteiger partial charge on any atom is 0.451 e. The van der Waals surface area contributed by atoms with Crippen LogP contribution < -0.4 is 10.6 Å². The third-order valence-electron chi connectivity index (χ3n) is 3.12. The van der Waals surface area contributed by atoms with Gasteiger partial charge in [-0.1, -0.05) is 13.3 Å². The Bertz CT molecular complexity index is 447. The largest absolute Gasteiger partial charge is 0.451 e. The minimum atomic E-state index is -4.53. The summed E-state index contributed by atoms with van der Waals surface area (Å²) in [5, 5.41) is 5.83. The highest BCUT2D eigenvalue weighted by molar-refractivity contribution is 5.49. The molecule has 1 aromatic heterocycles. The number of hydrogen-bond acceptors (Lipinski definition) is 4. The van der Waals surface area contributed by atoms with Crippen LogP contribution in [-0.4, -0.2) is 22.6 Å². The van der Waals surface area contributed by atoms with Crippen molar-refractivity contribution in [2.24, 2.45) is 5.92 Å². The van der Waals surface area contributed by atoms with Crippen LogP contribution in [0.1, 0.15) is 32.5 Å². The minimum Gasteiger partial charge on any atom is -0.370 e. The first-order valence-electron chi connectivity index (χ1n) is 6.40. The smallest absolute Gasteiger partial charge is 0.370 e. The SMILES string of the molecule is CCNc1cc(NC2CC2CC)nc(C(F)(F)F)n1. The van der Waals surface area contributed by atoms with Crippen molar-refractivity contribution in [3.63, 3.8) is 0 Å². The van der Waals surface area contributed by atoms with E-state index < -0.39 is 12.0 Å². The molecule has 0 radical (unpaired) electrons. The molecule has 0 saturated heterocycles. The second kappa shape index (κ2) is 5.22. The molecule has 1 saturated carbocycles. The predicted octanol–water partition coefficient (Wildman–Crippen LogP) is 3.14. The Kier molecular flexibility index (Phi) is 3.82. The Labute approximate surface area is 109 Å². The highest BCUT2D eigenvalue weighted by Gasteiger charge is 2.38. The standard InChI is InChI=1S/C12H17F3N4/c1-3-7-5-8(7)17-10-6-9(16-4-2)18-11(19-10)12(13,14)15/h6-8H,3-5H2,1-2H3,(H2,16,17,18,19). The van der Waals surface area contributed by atoms with E-state index >= 15 is 0 Å². The molecule has 1 aliphatic carbocycles. The molecule has 2 rings (SSSR count). The number of alkyl halides is 3. The minimum absolute atomic E-state index is 0.195. The van der Waals surface area contributed by atoms with Gasteiger partial charge >= 0.3 is 6.18 Å². The Morgan fingerprint density at radius 1 is 1.26 bits per heavy atom. The lowest BCUT2D eigenvalue weighted by Gasteiger charge is -2.12. The van der Waals surface area contributed by atoms with Crippen molar-refractivity contribution >= 4 is 11.6 Å². The number of hydrogen-bond donors (Lipinski definition) is 2. The van der Waals surface area contributed by atoms with E-state index in [1.165, 1.54) is 6.07 Å².